The molecule has 0 aromatic heterocycles. The van der Waals surface area contributed by atoms with Crippen molar-refractivity contribution in [1.29, 1.82) is 0 Å². The average Bonchev–Trinajstić information content (AvgIpc) is 3.12. The monoisotopic (exact) mass is 477 g/mol. The van der Waals surface area contributed by atoms with Crippen LogP contribution in [0.15, 0.2) is 84.9 Å². The molecule has 5 rings (SSSR count). The number of hydrogen-bond donors (Lipinski definition) is 2. The molecule has 1 aliphatic rings. The Morgan fingerprint density at radius 1 is 0.806 bits per heavy atom. The van der Waals surface area contributed by atoms with Crippen molar-refractivity contribution in [2.45, 2.75) is 26.2 Å². The molecule has 0 unspecified atom stereocenters. The zero-order chi connectivity index (χ0) is 25.4. The van der Waals surface area contributed by atoms with Crippen LogP contribution in [0.2, 0.25) is 0 Å². The summed E-state index contributed by atoms with van der Waals surface area (Å²) in [5.41, 5.74) is 4.16. The van der Waals surface area contributed by atoms with E-state index in [-0.39, 0.29) is 29.7 Å². The van der Waals surface area contributed by atoms with E-state index in [2.05, 4.69) is 31.4 Å². The Bertz CT molecular complexity index is 1500. The zero-order valence-corrected chi connectivity index (χ0v) is 20.5. The Morgan fingerprint density at radius 3 is 2.14 bits per heavy atom. The summed E-state index contributed by atoms with van der Waals surface area (Å²) in [5.74, 6) is -0.739. The Morgan fingerprint density at radius 2 is 1.44 bits per heavy atom. The minimum Gasteiger partial charge on any atom is -0.324 e. The molecular formula is C30H27N3O3. The van der Waals surface area contributed by atoms with Gasteiger partial charge in [0.1, 0.15) is 6.54 Å². The van der Waals surface area contributed by atoms with Crippen molar-refractivity contribution < 1.29 is 14.4 Å². The fraction of sp³-hybridized carbons (Fsp3) is 0.167. The molecule has 1 heterocycles. The zero-order valence-electron chi connectivity index (χ0n) is 20.5. The number of carbonyl (C=O) groups excluding carboxylic acids is 3. The summed E-state index contributed by atoms with van der Waals surface area (Å²) in [6.07, 6.45) is 0. The number of anilines is 3. The van der Waals surface area contributed by atoms with Gasteiger partial charge >= 0.3 is 0 Å². The van der Waals surface area contributed by atoms with E-state index in [9.17, 15) is 14.4 Å². The van der Waals surface area contributed by atoms with E-state index >= 15 is 0 Å². The van der Waals surface area contributed by atoms with Crippen LogP contribution in [0.3, 0.4) is 0 Å². The summed E-state index contributed by atoms with van der Waals surface area (Å²) in [7, 11) is 0. The smallest absolute Gasteiger partial charge is 0.259 e. The van der Waals surface area contributed by atoms with Crippen LogP contribution in [0.5, 0.6) is 0 Å². The molecule has 0 radical (unpaired) electrons. The van der Waals surface area contributed by atoms with Crippen LogP contribution in [0, 0.1) is 0 Å². The van der Waals surface area contributed by atoms with Gasteiger partial charge in [0.05, 0.1) is 5.69 Å². The van der Waals surface area contributed by atoms with Gasteiger partial charge in [-0.15, -0.1) is 0 Å². The minimum absolute atomic E-state index is 0.0104. The molecule has 36 heavy (non-hydrogen) atoms. The van der Waals surface area contributed by atoms with Gasteiger partial charge in [0.15, 0.2) is 0 Å². The normalized spacial score (nSPS) is 12.6. The summed E-state index contributed by atoms with van der Waals surface area (Å²) in [5, 5.41) is 7.57. The van der Waals surface area contributed by atoms with Crippen molar-refractivity contribution >= 4 is 45.6 Å². The van der Waals surface area contributed by atoms with Gasteiger partial charge in [-0.1, -0.05) is 63.2 Å². The highest BCUT2D eigenvalue weighted by Crippen LogP contribution is 2.37. The third kappa shape index (κ3) is 4.45. The van der Waals surface area contributed by atoms with E-state index in [1.165, 1.54) is 4.90 Å². The second-order valence-corrected chi connectivity index (χ2v) is 9.98. The van der Waals surface area contributed by atoms with Crippen LogP contribution in [0.1, 0.15) is 47.1 Å². The number of rotatable bonds is 5. The highest BCUT2D eigenvalue weighted by molar-refractivity contribution is 6.26. The van der Waals surface area contributed by atoms with Crippen LogP contribution < -0.4 is 15.5 Å². The standard InChI is InChI=1S/C30H27N3O3/c1-30(2,3)21-15-13-20(14-16-21)28(35)32-23-10-6-9-22(17-23)31-26(34)18-33-25-12-5-8-19-7-4-11-24(27(19)25)29(33)36/h4-17H,18H2,1-3H3,(H,31,34)(H,32,35). The highest BCUT2D eigenvalue weighted by atomic mass is 16.2. The third-order valence-corrected chi connectivity index (χ3v) is 6.37. The van der Waals surface area contributed by atoms with Gasteiger partial charge < -0.3 is 10.6 Å². The number of carbonyl (C=O) groups is 3. The van der Waals surface area contributed by atoms with Crippen LogP contribution >= 0.6 is 0 Å². The Hall–Kier alpha value is -4.45. The number of amides is 3. The first-order chi connectivity index (χ1) is 17.2. The van der Waals surface area contributed by atoms with Crippen LogP contribution in [0.4, 0.5) is 17.1 Å². The van der Waals surface area contributed by atoms with Crippen molar-refractivity contribution in [3.05, 3.63) is 102 Å². The predicted molar refractivity (Wildman–Crippen MR) is 144 cm³/mol. The van der Waals surface area contributed by atoms with E-state index in [4.69, 9.17) is 0 Å². The summed E-state index contributed by atoms with van der Waals surface area (Å²) in [4.78, 5) is 40.0. The highest BCUT2D eigenvalue weighted by Gasteiger charge is 2.30. The van der Waals surface area contributed by atoms with Crippen LogP contribution in [-0.4, -0.2) is 24.3 Å². The first-order valence-electron chi connectivity index (χ1n) is 11.9. The minimum atomic E-state index is -0.325. The molecule has 0 fully saturated rings. The van der Waals surface area contributed by atoms with Crippen LogP contribution in [0.25, 0.3) is 10.8 Å². The van der Waals surface area contributed by atoms with Crippen molar-refractivity contribution in [2.24, 2.45) is 0 Å². The molecule has 1 aliphatic heterocycles. The van der Waals surface area contributed by atoms with Gasteiger partial charge in [-0.25, -0.2) is 0 Å². The van der Waals surface area contributed by atoms with Crippen molar-refractivity contribution in [3.8, 4) is 0 Å². The second-order valence-electron chi connectivity index (χ2n) is 9.98. The second kappa shape index (κ2) is 8.96. The molecule has 0 atom stereocenters. The summed E-state index contributed by atoms with van der Waals surface area (Å²) >= 11 is 0. The van der Waals surface area contributed by atoms with Gasteiger partial charge in [0.25, 0.3) is 11.8 Å². The van der Waals surface area contributed by atoms with Crippen molar-refractivity contribution in [1.82, 2.24) is 0 Å². The molecule has 0 bridgehead atoms. The molecule has 6 nitrogen and oxygen atoms in total. The summed E-state index contributed by atoms with van der Waals surface area (Å²) in [6.45, 7) is 6.27. The molecule has 6 heteroatoms. The molecule has 3 amide bonds. The topological polar surface area (TPSA) is 78.5 Å². The Kier molecular flexibility index (Phi) is 5.80. The molecule has 0 saturated heterocycles. The summed E-state index contributed by atoms with van der Waals surface area (Å²) in [6, 6.07) is 25.8. The van der Waals surface area contributed by atoms with Crippen molar-refractivity contribution in [2.75, 3.05) is 22.1 Å². The first-order valence-corrected chi connectivity index (χ1v) is 11.9. The molecule has 180 valence electrons. The molecular weight excluding hydrogens is 450 g/mol. The predicted octanol–water partition coefficient (Wildman–Crippen LogP) is 5.99. The van der Waals surface area contributed by atoms with E-state index in [0.717, 1.165) is 22.0 Å². The summed E-state index contributed by atoms with van der Waals surface area (Å²) < 4.78 is 0. The maximum Gasteiger partial charge on any atom is 0.259 e. The molecule has 0 aliphatic carbocycles. The fourth-order valence-electron chi connectivity index (χ4n) is 4.48. The molecule has 4 aromatic carbocycles. The molecule has 4 aromatic rings. The lowest BCUT2D eigenvalue weighted by Crippen LogP contribution is -2.35. The quantitative estimate of drug-likeness (QED) is 0.371. The lowest BCUT2D eigenvalue weighted by molar-refractivity contribution is -0.114. The maximum atomic E-state index is 12.9. The average molecular weight is 478 g/mol. The van der Waals surface area contributed by atoms with Gasteiger partial charge in [-0.05, 0) is 58.8 Å². The molecule has 2 N–H and O–H groups in total. The molecule has 0 saturated carbocycles. The van der Waals surface area contributed by atoms with E-state index in [1.807, 2.05) is 54.6 Å². The van der Waals surface area contributed by atoms with Crippen LogP contribution in [-0.2, 0) is 10.2 Å². The lowest BCUT2D eigenvalue weighted by Gasteiger charge is -2.19. The van der Waals surface area contributed by atoms with Gasteiger partial charge in [0, 0.05) is 27.9 Å². The van der Waals surface area contributed by atoms with Gasteiger partial charge in [0.2, 0.25) is 5.91 Å². The van der Waals surface area contributed by atoms with Gasteiger partial charge in [-0.3, -0.25) is 19.3 Å². The first kappa shape index (κ1) is 23.3. The fourth-order valence-corrected chi connectivity index (χ4v) is 4.48. The number of nitrogens with one attached hydrogen (secondary N) is 2. The SMILES string of the molecule is CC(C)(C)c1ccc(C(=O)Nc2cccc(NC(=O)CN3C(=O)c4cccc5cccc3c45)c2)cc1. The maximum absolute atomic E-state index is 12.9. The number of benzene rings is 4. The number of hydrogen-bond acceptors (Lipinski definition) is 3. The van der Waals surface area contributed by atoms with E-state index < -0.39 is 0 Å². The largest absolute Gasteiger partial charge is 0.324 e. The van der Waals surface area contributed by atoms with E-state index in [0.29, 0.717) is 22.5 Å². The Labute approximate surface area is 209 Å². The Balaban J connectivity index is 1.26. The third-order valence-electron chi connectivity index (χ3n) is 6.37. The number of nitrogens with zero attached hydrogens (tertiary/aromatic N) is 1. The van der Waals surface area contributed by atoms with Gasteiger partial charge in [-0.2, -0.15) is 0 Å². The van der Waals surface area contributed by atoms with E-state index in [1.54, 1.807) is 30.3 Å². The lowest BCUT2D eigenvalue weighted by atomic mass is 9.87. The van der Waals surface area contributed by atoms with Crippen molar-refractivity contribution in [3.63, 3.8) is 0 Å². The molecule has 0 spiro atoms.